The molecule has 0 unspecified atom stereocenters. The third kappa shape index (κ3) is 3.81. The Bertz CT molecular complexity index is 733. The number of thioether (sulfide) groups is 1. The SMILES string of the molecule is Cc1cnc(NC(=O)CSCc2nc3ccccc3s2)s1. The van der Waals surface area contributed by atoms with Crippen LogP contribution >= 0.6 is 34.4 Å². The second-order valence-corrected chi connectivity index (χ2v) is 7.73. The van der Waals surface area contributed by atoms with Gasteiger partial charge in [-0.05, 0) is 19.1 Å². The van der Waals surface area contributed by atoms with Crippen molar-refractivity contribution >= 4 is 55.7 Å². The summed E-state index contributed by atoms with van der Waals surface area (Å²) in [6.45, 7) is 1.97. The van der Waals surface area contributed by atoms with Gasteiger partial charge in [0.25, 0.3) is 0 Å². The number of aryl methyl sites for hydroxylation is 1. The summed E-state index contributed by atoms with van der Waals surface area (Å²) >= 11 is 4.74. The third-order valence-corrected chi connectivity index (χ3v) is 5.66. The molecular formula is C14H13N3OS3. The highest BCUT2D eigenvalue weighted by Gasteiger charge is 2.07. The number of thiazole rings is 2. The molecule has 2 heterocycles. The molecule has 7 heteroatoms. The second kappa shape index (κ2) is 6.55. The minimum absolute atomic E-state index is 0.0181. The number of carbonyl (C=O) groups excluding carboxylic acids is 1. The van der Waals surface area contributed by atoms with E-state index in [0.29, 0.717) is 10.9 Å². The first-order valence-electron chi connectivity index (χ1n) is 6.35. The number of rotatable bonds is 5. The fraction of sp³-hybridized carbons (Fsp3) is 0.214. The van der Waals surface area contributed by atoms with Crippen molar-refractivity contribution in [3.63, 3.8) is 0 Å². The molecule has 21 heavy (non-hydrogen) atoms. The van der Waals surface area contributed by atoms with E-state index < -0.39 is 0 Å². The Labute approximate surface area is 134 Å². The van der Waals surface area contributed by atoms with Crippen molar-refractivity contribution in [1.29, 1.82) is 0 Å². The molecule has 1 aromatic carbocycles. The molecule has 0 radical (unpaired) electrons. The Morgan fingerprint density at radius 3 is 2.95 bits per heavy atom. The van der Waals surface area contributed by atoms with E-state index in [4.69, 9.17) is 0 Å². The summed E-state index contributed by atoms with van der Waals surface area (Å²) < 4.78 is 1.19. The van der Waals surface area contributed by atoms with Crippen molar-refractivity contribution in [1.82, 2.24) is 9.97 Å². The minimum atomic E-state index is -0.0181. The lowest BCUT2D eigenvalue weighted by atomic mass is 10.3. The first-order chi connectivity index (χ1) is 10.2. The number of nitrogens with one attached hydrogen (secondary N) is 1. The van der Waals surface area contributed by atoms with Crippen LogP contribution < -0.4 is 5.32 Å². The van der Waals surface area contributed by atoms with E-state index in [0.717, 1.165) is 21.2 Å². The molecule has 108 valence electrons. The summed E-state index contributed by atoms with van der Waals surface area (Å²) in [6.07, 6.45) is 1.76. The molecule has 0 fully saturated rings. The Hall–Kier alpha value is -1.44. The van der Waals surface area contributed by atoms with Gasteiger partial charge in [-0.15, -0.1) is 34.4 Å². The van der Waals surface area contributed by atoms with Crippen LogP contribution in [-0.2, 0) is 10.5 Å². The zero-order valence-corrected chi connectivity index (χ0v) is 13.8. The van der Waals surface area contributed by atoms with E-state index in [1.165, 1.54) is 16.0 Å². The fourth-order valence-electron chi connectivity index (χ4n) is 1.78. The molecule has 0 aliphatic rings. The van der Waals surface area contributed by atoms with E-state index >= 15 is 0 Å². The predicted octanol–water partition coefficient (Wildman–Crippen LogP) is 3.93. The number of hydrogen-bond acceptors (Lipinski definition) is 6. The van der Waals surface area contributed by atoms with Gasteiger partial charge in [0.1, 0.15) is 5.01 Å². The molecule has 1 N–H and O–H groups in total. The van der Waals surface area contributed by atoms with E-state index in [9.17, 15) is 4.79 Å². The smallest absolute Gasteiger partial charge is 0.236 e. The zero-order chi connectivity index (χ0) is 14.7. The van der Waals surface area contributed by atoms with E-state index in [-0.39, 0.29) is 5.91 Å². The number of hydrogen-bond donors (Lipinski definition) is 1. The number of benzene rings is 1. The van der Waals surface area contributed by atoms with Gasteiger partial charge in [-0.2, -0.15) is 0 Å². The molecule has 0 saturated heterocycles. The highest BCUT2D eigenvalue weighted by molar-refractivity contribution is 7.99. The summed E-state index contributed by atoms with van der Waals surface area (Å²) in [7, 11) is 0. The van der Waals surface area contributed by atoms with Crippen molar-refractivity contribution in [3.05, 3.63) is 40.3 Å². The van der Waals surface area contributed by atoms with Gasteiger partial charge < -0.3 is 5.32 Å². The molecule has 3 rings (SSSR count). The maximum atomic E-state index is 11.8. The van der Waals surface area contributed by atoms with Crippen LogP contribution in [-0.4, -0.2) is 21.6 Å². The van der Waals surface area contributed by atoms with Crippen molar-refractivity contribution in [2.24, 2.45) is 0 Å². The Morgan fingerprint density at radius 1 is 1.33 bits per heavy atom. The lowest BCUT2D eigenvalue weighted by molar-refractivity contribution is -0.113. The average Bonchev–Trinajstić information content (AvgIpc) is 3.04. The normalized spacial score (nSPS) is 10.9. The fourth-order valence-corrected chi connectivity index (χ4v) is 4.31. The largest absolute Gasteiger partial charge is 0.301 e. The molecule has 0 atom stereocenters. The van der Waals surface area contributed by atoms with Gasteiger partial charge in [0.2, 0.25) is 5.91 Å². The van der Waals surface area contributed by atoms with Crippen LogP contribution in [0.5, 0.6) is 0 Å². The van der Waals surface area contributed by atoms with Crippen molar-refractivity contribution in [2.75, 3.05) is 11.1 Å². The van der Waals surface area contributed by atoms with Crippen LogP contribution in [0.1, 0.15) is 9.88 Å². The Morgan fingerprint density at radius 2 is 2.19 bits per heavy atom. The minimum Gasteiger partial charge on any atom is -0.301 e. The van der Waals surface area contributed by atoms with E-state index in [1.807, 2.05) is 25.1 Å². The number of para-hydroxylation sites is 1. The highest BCUT2D eigenvalue weighted by Crippen LogP contribution is 2.25. The van der Waals surface area contributed by atoms with Crippen molar-refractivity contribution < 1.29 is 4.79 Å². The third-order valence-electron chi connectivity index (χ3n) is 2.66. The van der Waals surface area contributed by atoms with Crippen LogP contribution in [0.4, 0.5) is 5.13 Å². The number of aromatic nitrogens is 2. The van der Waals surface area contributed by atoms with Crippen LogP contribution in [0.3, 0.4) is 0 Å². The van der Waals surface area contributed by atoms with E-state index in [1.54, 1.807) is 29.3 Å². The molecule has 3 aromatic rings. The van der Waals surface area contributed by atoms with Crippen LogP contribution in [0.25, 0.3) is 10.2 Å². The van der Waals surface area contributed by atoms with Gasteiger partial charge in [0.05, 0.1) is 16.0 Å². The number of fused-ring (bicyclic) bond motifs is 1. The molecule has 2 aromatic heterocycles. The lowest BCUT2D eigenvalue weighted by Crippen LogP contribution is -2.13. The second-order valence-electron chi connectivity index (χ2n) is 4.39. The number of amides is 1. The first-order valence-corrected chi connectivity index (χ1v) is 9.14. The molecule has 0 bridgehead atoms. The van der Waals surface area contributed by atoms with Gasteiger partial charge in [-0.3, -0.25) is 4.79 Å². The number of carbonyl (C=O) groups is 1. The Kier molecular flexibility index (Phi) is 4.52. The summed E-state index contributed by atoms with van der Waals surface area (Å²) in [5, 5.41) is 4.53. The van der Waals surface area contributed by atoms with Gasteiger partial charge in [0.15, 0.2) is 5.13 Å². The highest BCUT2D eigenvalue weighted by atomic mass is 32.2. The molecule has 4 nitrogen and oxygen atoms in total. The Balaban J connectivity index is 1.50. The summed E-state index contributed by atoms with van der Waals surface area (Å²) in [5.74, 6) is 1.15. The lowest BCUT2D eigenvalue weighted by Gasteiger charge is -2.00. The van der Waals surface area contributed by atoms with Crippen LogP contribution in [0.2, 0.25) is 0 Å². The van der Waals surface area contributed by atoms with Gasteiger partial charge in [-0.25, -0.2) is 9.97 Å². The van der Waals surface area contributed by atoms with E-state index in [2.05, 4.69) is 21.4 Å². The molecule has 0 spiro atoms. The summed E-state index contributed by atoms with van der Waals surface area (Å²) in [5.41, 5.74) is 1.03. The van der Waals surface area contributed by atoms with Gasteiger partial charge in [-0.1, -0.05) is 12.1 Å². The molecule has 0 aliphatic carbocycles. The quantitative estimate of drug-likeness (QED) is 0.767. The maximum Gasteiger partial charge on any atom is 0.236 e. The van der Waals surface area contributed by atoms with Crippen molar-refractivity contribution in [2.45, 2.75) is 12.7 Å². The molecule has 0 aliphatic heterocycles. The monoisotopic (exact) mass is 335 g/mol. The maximum absolute atomic E-state index is 11.8. The van der Waals surface area contributed by atoms with Crippen LogP contribution in [0.15, 0.2) is 30.5 Å². The topological polar surface area (TPSA) is 54.9 Å². The predicted molar refractivity (Wildman–Crippen MR) is 91.3 cm³/mol. The molecule has 0 saturated carbocycles. The zero-order valence-electron chi connectivity index (χ0n) is 11.3. The average molecular weight is 335 g/mol. The number of nitrogens with zero attached hydrogens (tertiary/aromatic N) is 2. The first kappa shape index (κ1) is 14.5. The molecular weight excluding hydrogens is 322 g/mol. The number of anilines is 1. The van der Waals surface area contributed by atoms with Gasteiger partial charge >= 0.3 is 0 Å². The summed E-state index contributed by atoms with van der Waals surface area (Å²) in [6, 6.07) is 8.08. The van der Waals surface area contributed by atoms with Gasteiger partial charge in [0, 0.05) is 16.8 Å². The standard InChI is InChI=1S/C14H13N3OS3/c1-9-6-15-14(20-9)17-12(18)7-19-8-13-16-10-4-2-3-5-11(10)21-13/h2-6H,7-8H2,1H3,(H,15,17,18). The molecule has 1 amide bonds. The summed E-state index contributed by atoms with van der Waals surface area (Å²) in [4.78, 5) is 21.6. The van der Waals surface area contributed by atoms with Crippen LogP contribution in [0, 0.1) is 6.92 Å². The van der Waals surface area contributed by atoms with Crippen molar-refractivity contribution in [3.8, 4) is 0 Å².